The molecule has 1 N–H and O–H groups in total. The van der Waals surface area contributed by atoms with Gasteiger partial charge in [-0.3, -0.25) is 19.2 Å². The van der Waals surface area contributed by atoms with Gasteiger partial charge in [-0.15, -0.1) is 0 Å². The molecular formula is C12H12N4O5. The maximum Gasteiger partial charge on any atom is 0.407 e. The van der Waals surface area contributed by atoms with Gasteiger partial charge in [0.1, 0.15) is 6.61 Å². The lowest BCUT2D eigenvalue weighted by molar-refractivity contribution is -0.384. The Morgan fingerprint density at radius 3 is 2.81 bits per heavy atom. The van der Waals surface area contributed by atoms with Crippen LogP contribution in [0.15, 0.2) is 23.0 Å². The number of fused-ring (bicyclic) bond motifs is 1. The number of carbonyl (C=O) groups excluding carboxylic acids is 1. The molecule has 0 bridgehead atoms. The number of aryl methyl sites for hydroxylation is 1. The molecule has 0 spiro atoms. The molecule has 1 aliphatic rings. The van der Waals surface area contributed by atoms with Gasteiger partial charge in [0.25, 0.3) is 5.69 Å². The van der Waals surface area contributed by atoms with E-state index < -0.39 is 11.0 Å². The Balaban J connectivity index is 2.09. The highest BCUT2D eigenvalue weighted by atomic mass is 16.6. The number of imidazole rings is 1. The van der Waals surface area contributed by atoms with Gasteiger partial charge in [0.2, 0.25) is 0 Å². The Morgan fingerprint density at radius 1 is 1.43 bits per heavy atom. The molecule has 110 valence electrons. The van der Waals surface area contributed by atoms with E-state index in [2.05, 4.69) is 5.32 Å². The van der Waals surface area contributed by atoms with Crippen molar-refractivity contribution in [1.29, 1.82) is 0 Å². The van der Waals surface area contributed by atoms with Gasteiger partial charge in [-0.1, -0.05) is 0 Å². The number of ether oxygens (including phenoxy) is 1. The molecule has 0 saturated carbocycles. The summed E-state index contributed by atoms with van der Waals surface area (Å²) >= 11 is 0. The standard InChI is InChI=1S/C12H12N4O5/c1-14-9-3-2-8(16(19)20)4-10(9)15(12(14)18)5-7-6-21-11(17)13-7/h2-4,7H,5-6H2,1H3,(H,13,17)/t7-/m1/s1. The van der Waals surface area contributed by atoms with Crippen LogP contribution in [0.25, 0.3) is 11.0 Å². The molecule has 0 aliphatic carbocycles. The van der Waals surface area contributed by atoms with Crippen molar-refractivity contribution in [3.8, 4) is 0 Å². The van der Waals surface area contributed by atoms with Gasteiger partial charge < -0.3 is 10.1 Å². The SMILES string of the molecule is Cn1c(=O)n(C[C@@H]2COC(=O)N2)c2cc([N+](=O)[O-])ccc21. The van der Waals surface area contributed by atoms with Crippen LogP contribution in [0.5, 0.6) is 0 Å². The topological polar surface area (TPSA) is 108 Å². The second kappa shape index (κ2) is 4.62. The minimum absolute atomic E-state index is 0.0893. The van der Waals surface area contributed by atoms with Crippen LogP contribution in [0.1, 0.15) is 0 Å². The van der Waals surface area contributed by atoms with Gasteiger partial charge in [0.05, 0.1) is 28.5 Å². The zero-order valence-corrected chi connectivity index (χ0v) is 11.1. The molecule has 1 amide bonds. The molecule has 0 unspecified atom stereocenters. The third-order valence-electron chi connectivity index (χ3n) is 3.48. The van der Waals surface area contributed by atoms with Gasteiger partial charge in [0, 0.05) is 19.2 Å². The summed E-state index contributed by atoms with van der Waals surface area (Å²) in [6.45, 7) is 0.361. The molecule has 1 atom stereocenters. The number of non-ortho nitro benzene ring substituents is 1. The quantitative estimate of drug-likeness (QED) is 0.649. The first kappa shape index (κ1) is 13.2. The van der Waals surface area contributed by atoms with Crippen LogP contribution in [0.3, 0.4) is 0 Å². The fourth-order valence-electron chi connectivity index (χ4n) is 2.43. The minimum Gasteiger partial charge on any atom is -0.447 e. The zero-order chi connectivity index (χ0) is 15.1. The van der Waals surface area contributed by atoms with Gasteiger partial charge in [0.15, 0.2) is 0 Å². The summed E-state index contributed by atoms with van der Waals surface area (Å²) in [5, 5.41) is 13.4. The van der Waals surface area contributed by atoms with E-state index in [1.54, 1.807) is 7.05 Å². The molecule has 2 aromatic rings. The summed E-state index contributed by atoms with van der Waals surface area (Å²) in [4.78, 5) is 33.6. The molecule has 2 heterocycles. The third-order valence-corrected chi connectivity index (χ3v) is 3.48. The van der Waals surface area contributed by atoms with Crippen molar-refractivity contribution < 1.29 is 14.5 Å². The number of hydrogen-bond donors (Lipinski definition) is 1. The zero-order valence-electron chi connectivity index (χ0n) is 11.1. The largest absolute Gasteiger partial charge is 0.447 e. The molecule has 1 fully saturated rings. The Hall–Kier alpha value is -2.84. The van der Waals surface area contributed by atoms with Crippen LogP contribution in [-0.4, -0.2) is 32.8 Å². The van der Waals surface area contributed by atoms with Crippen molar-refractivity contribution in [1.82, 2.24) is 14.5 Å². The molecule has 1 aliphatic heterocycles. The van der Waals surface area contributed by atoms with Gasteiger partial charge in [-0.25, -0.2) is 9.59 Å². The average molecular weight is 292 g/mol. The Morgan fingerprint density at radius 2 is 2.19 bits per heavy atom. The van der Waals surface area contributed by atoms with Crippen molar-refractivity contribution >= 4 is 22.8 Å². The Labute approximate surface area is 117 Å². The summed E-state index contributed by atoms with van der Waals surface area (Å²) in [7, 11) is 1.59. The summed E-state index contributed by atoms with van der Waals surface area (Å²) in [5.41, 5.74) is 0.661. The average Bonchev–Trinajstić information content (AvgIpc) is 2.96. The molecule has 3 rings (SSSR count). The number of hydrogen-bond acceptors (Lipinski definition) is 5. The summed E-state index contributed by atoms with van der Waals surface area (Å²) in [6.07, 6.45) is -0.528. The summed E-state index contributed by atoms with van der Waals surface area (Å²) in [6, 6.07) is 3.91. The predicted octanol–water partition coefficient (Wildman–Crippen LogP) is 0.357. The number of carbonyl (C=O) groups is 1. The molecule has 1 aromatic heterocycles. The number of aromatic nitrogens is 2. The van der Waals surface area contributed by atoms with E-state index in [-0.39, 0.29) is 30.6 Å². The highest BCUT2D eigenvalue weighted by Crippen LogP contribution is 2.20. The van der Waals surface area contributed by atoms with E-state index in [4.69, 9.17) is 4.74 Å². The number of nitro groups is 1. The van der Waals surface area contributed by atoms with Crippen molar-refractivity contribution in [2.75, 3.05) is 6.61 Å². The van der Waals surface area contributed by atoms with Crippen molar-refractivity contribution in [3.63, 3.8) is 0 Å². The molecule has 9 nitrogen and oxygen atoms in total. The molecule has 1 saturated heterocycles. The number of amides is 1. The van der Waals surface area contributed by atoms with E-state index >= 15 is 0 Å². The maximum absolute atomic E-state index is 12.2. The van der Waals surface area contributed by atoms with Crippen molar-refractivity contribution in [2.45, 2.75) is 12.6 Å². The molecular weight excluding hydrogens is 280 g/mol. The van der Waals surface area contributed by atoms with Crippen LogP contribution in [0.2, 0.25) is 0 Å². The highest BCUT2D eigenvalue weighted by molar-refractivity contribution is 5.79. The Bertz CT molecular complexity index is 806. The smallest absolute Gasteiger partial charge is 0.407 e. The van der Waals surface area contributed by atoms with Crippen LogP contribution in [0, 0.1) is 10.1 Å². The fraction of sp³-hybridized carbons (Fsp3) is 0.333. The number of nitrogens with one attached hydrogen (secondary N) is 1. The third kappa shape index (κ3) is 2.12. The number of cyclic esters (lactones) is 1. The lowest BCUT2D eigenvalue weighted by Crippen LogP contribution is -2.35. The fourth-order valence-corrected chi connectivity index (χ4v) is 2.43. The second-order valence-corrected chi connectivity index (χ2v) is 4.82. The minimum atomic E-state index is -0.528. The lowest BCUT2D eigenvalue weighted by atomic mass is 10.2. The number of nitrogens with zero attached hydrogens (tertiary/aromatic N) is 3. The number of alkyl carbamates (subject to hydrolysis) is 1. The van der Waals surface area contributed by atoms with Crippen molar-refractivity contribution in [2.24, 2.45) is 7.05 Å². The van der Waals surface area contributed by atoms with E-state index in [1.807, 2.05) is 0 Å². The monoisotopic (exact) mass is 292 g/mol. The molecule has 0 radical (unpaired) electrons. The first-order valence-corrected chi connectivity index (χ1v) is 6.24. The molecule has 21 heavy (non-hydrogen) atoms. The van der Waals surface area contributed by atoms with Gasteiger partial charge >= 0.3 is 11.8 Å². The predicted molar refractivity (Wildman–Crippen MR) is 72.1 cm³/mol. The van der Waals surface area contributed by atoms with Gasteiger partial charge in [-0.05, 0) is 6.07 Å². The first-order chi connectivity index (χ1) is 9.97. The summed E-state index contributed by atoms with van der Waals surface area (Å²) in [5.74, 6) is 0. The first-order valence-electron chi connectivity index (χ1n) is 6.24. The normalized spacial score (nSPS) is 17.8. The molecule has 9 heteroatoms. The number of rotatable bonds is 3. The van der Waals surface area contributed by atoms with Crippen LogP contribution < -0.4 is 11.0 Å². The van der Waals surface area contributed by atoms with Crippen molar-refractivity contribution in [3.05, 3.63) is 38.8 Å². The van der Waals surface area contributed by atoms with Crippen LogP contribution in [0.4, 0.5) is 10.5 Å². The second-order valence-electron chi connectivity index (χ2n) is 4.82. The number of benzene rings is 1. The van der Waals surface area contributed by atoms with E-state index in [0.717, 1.165) is 0 Å². The highest BCUT2D eigenvalue weighted by Gasteiger charge is 2.25. The van der Waals surface area contributed by atoms with Crippen LogP contribution in [-0.2, 0) is 18.3 Å². The lowest BCUT2D eigenvalue weighted by Gasteiger charge is -2.08. The van der Waals surface area contributed by atoms with Crippen LogP contribution >= 0.6 is 0 Å². The van der Waals surface area contributed by atoms with E-state index in [0.29, 0.717) is 11.0 Å². The summed E-state index contributed by atoms with van der Waals surface area (Å²) < 4.78 is 7.60. The number of nitro benzene ring substituents is 1. The van der Waals surface area contributed by atoms with E-state index in [1.165, 1.54) is 27.3 Å². The Kier molecular flexibility index (Phi) is 2.89. The molecule has 1 aromatic carbocycles. The van der Waals surface area contributed by atoms with E-state index in [9.17, 15) is 19.7 Å². The van der Waals surface area contributed by atoms with Gasteiger partial charge in [-0.2, -0.15) is 0 Å². The maximum atomic E-state index is 12.2.